The van der Waals surface area contributed by atoms with E-state index in [0.29, 0.717) is 5.92 Å². The van der Waals surface area contributed by atoms with Crippen LogP contribution in [0, 0.1) is 13.8 Å². The summed E-state index contributed by atoms with van der Waals surface area (Å²) in [5.41, 5.74) is 7.43. The third kappa shape index (κ3) is 3.74. The normalized spacial score (nSPS) is 17.9. The summed E-state index contributed by atoms with van der Waals surface area (Å²) in [6.07, 6.45) is 4.33. The van der Waals surface area contributed by atoms with Crippen molar-refractivity contribution in [1.29, 1.82) is 0 Å². The lowest BCUT2D eigenvalue weighted by atomic mass is 9.90. The van der Waals surface area contributed by atoms with Crippen molar-refractivity contribution in [1.82, 2.24) is 24.9 Å². The number of aryl methyl sites for hydroxylation is 2. The van der Waals surface area contributed by atoms with Crippen LogP contribution in [0.1, 0.15) is 48.3 Å². The summed E-state index contributed by atoms with van der Waals surface area (Å²) in [5.74, 6) is 0.462. The van der Waals surface area contributed by atoms with Gasteiger partial charge in [0.1, 0.15) is 0 Å². The van der Waals surface area contributed by atoms with Gasteiger partial charge in [-0.05, 0) is 57.9 Å². The van der Waals surface area contributed by atoms with Gasteiger partial charge in [0.25, 0.3) is 0 Å². The van der Waals surface area contributed by atoms with Gasteiger partial charge in [-0.15, -0.1) is 0 Å². The zero-order valence-electron chi connectivity index (χ0n) is 16.9. The van der Waals surface area contributed by atoms with Gasteiger partial charge in [-0.25, -0.2) is 0 Å². The van der Waals surface area contributed by atoms with Gasteiger partial charge in [-0.2, -0.15) is 10.2 Å². The van der Waals surface area contributed by atoms with Crippen molar-refractivity contribution >= 4 is 11.6 Å². The van der Waals surface area contributed by atoms with Crippen molar-refractivity contribution in [3.8, 4) is 11.1 Å². The molecule has 5 nitrogen and oxygen atoms in total. The summed E-state index contributed by atoms with van der Waals surface area (Å²) in [4.78, 5) is 2.57. The summed E-state index contributed by atoms with van der Waals surface area (Å²) in [6.45, 7) is 10.5. The van der Waals surface area contributed by atoms with Crippen LogP contribution in [0.5, 0.6) is 0 Å². The topological polar surface area (TPSA) is 49.7 Å². The van der Waals surface area contributed by atoms with Crippen molar-refractivity contribution in [2.45, 2.75) is 52.6 Å². The molecule has 148 valence electrons. The number of rotatable bonds is 5. The summed E-state index contributed by atoms with van der Waals surface area (Å²) in [5, 5.41) is 13.1. The number of hydrogen-bond donors (Lipinski definition) is 1. The molecule has 1 aromatic carbocycles. The largest absolute Gasteiger partial charge is 0.298 e. The van der Waals surface area contributed by atoms with Crippen LogP contribution in [0.2, 0.25) is 5.02 Å². The first kappa shape index (κ1) is 19.2. The van der Waals surface area contributed by atoms with Gasteiger partial charge in [0.05, 0.1) is 11.9 Å². The first-order chi connectivity index (χ1) is 13.6. The predicted molar refractivity (Wildman–Crippen MR) is 114 cm³/mol. The van der Waals surface area contributed by atoms with Crippen molar-refractivity contribution in [3.63, 3.8) is 0 Å². The fourth-order valence-electron chi connectivity index (χ4n) is 4.40. The molecule has 1 aliphatic rings. The number of piperidine rings is 1. The highest BCUT2D eigenvalue weighted by molar-refractivity contribution is 6.30. The number of aromatic nitrogens is 4. The molecule has 1 saturated heterocycles. The second-order valence-corrected chi connectivity index (χ2v) is 8.18. The van der Waals surface area contributed by atoms with Crippen LogP contribution in [0.4, 0.5) is 0 Å². The highest BCUT2D eigenvalue weighted by Gasteiger charge is 2.26. The van der Waals surface area contributed by atoms with Crippen molar-refractivity contribution in [2.75, 3.05) is 13.1 Å². The average molecular weight is 398 g/mol. The lowest BCUT2D eigenvalue weighted by Gasteiger charge is -2.32. The van der Waals surface area contributed by atoms with Gasteiger partial charge < -0.3 is 0 Å². The number of nitrogens with one attached hydrogen (secondary N) is 1. The zero-order chi connectivity index (χ0) is 19.7. The Morgan fingerprint density at radius 3 is 2.71 bits per heavy atom. The Hall–Kier alpha value is -2.11. The highest BCUT2D eigenvalue weighted by Crippen LogP contribution is 2.34. The maximum absolute atomic E-state index is 6.06. The average Bonchev–Trinajstić information content (AvgIpc) is 3.29. The fraction of sp³-hybridized carbons (Fsp3) is 0.455. The lowest BCUT2D eigenvalue weighted by molar-refractivity contribution is 0.198. The molecule has 3 aromatic rings. The summed E-state index contributed by atoms with van der Waals surface area (Å²) in [7, 11) is 0. The van der Waals surface area contributed by atoms with E-state index in [1.807, 2.05) is 18.3 Å². The maximum Gasteiger partial charge on any atom is 0.0641 e. The zero-order valence-corrected chi connectivity index (χ0v) is 17.6. The van der Waals surface area contributed by atoms with E-state index in [1.165, 1.54) is 40.9 Å². The molecular weight excluding hydrogens is 370 g/mol. The molecule has 0 aliphatic carbocycles. The van der Waals surface area contributed by atoms with Crippen LogP contribution in [-0.2, 0) is 13.1 Å². The smallest absolute Gasteiger partial charge is 0.0641 e. The van der Waals surface area contributed by atoms with Gasteiger partial charge in [-0.3, -0.25) is 14.7 Å². The molecule has 0 amide bonds. The molecule has 1 aliphatic heterocycles. The Kier molecular flexibility index (Phi) is 5.56. The van der Waals surface area contributed by atoms with Crippen LogP contribution in [0.3, 0.4) is 0 Å². The third-order valence-corrected chi connectivity index (χ3v) is 6.20. The Bertz CT molecular complexity index is 940. The molecule has 0 radical (unpaired) electrons. The van der Waals surface area contributed by atoms with E-state index in [0.717, 1.165) is 36.9 Å². The van der Waals surface area contributed by atoms with E-state index in [4.69, 9.17) is 11.6 Å². The second kappa shape index (κ2) is 8.10. The first-order valence-electron chi connectivity index (χ1n) is 10.1. The fourth-order valence-corrected chi connectivity index (χ4v) is 4.52. The van der Waals surface area contributed by atoms with Crippen LogP contribution in [-0.4, -0.2) is 38.0 Å². The van der Waals surface area contributed by atoms with E-state index < -0.39 is 0 Å². The standard InChI is InChI=1S/C22H28ClN5/c1-4-28-16(3)21(15(2)26-28)14-27-11-5-6-18(13-27)22-20(12-24-25-22)17-7-9-19(23)10-8-17/h7-10,12,18H,4-6,11,13-14H2,1-3H3,(H,24,25). The summed E-state index contributed by atoms with van der Waals surface area (Å²) in [6, 6.07) is 8.03. The SMILES string of the molecule is CCn1nc(C)c(CN2CCCC(c3[nH]ncc3-c3ccc(Cl)cc3)C2)c1C. The number of nitrogens with zero attached hydrogens (tertiary/aromatic N) is 4. The number of H-pyrrole nitrogens is 1. The number of hydrogen-bond acceptors (Lipinski definition) is 3. The monoisotopic (exact) mass is 397 g/mol. The quantitative estimate of drug-likeness (QED) is 0.663. The molecule has 28 heavy (non-hydrogen) atoms. The minimum absolute atomic E-state index is 0.462. The molecule has 6 heteroatoms. The van der Waals surface area contributed by atoms with Crippen LogP contribution >= 0.6 is 11.6 Å². The number of halogens is 1. The minimum atomic E-state index is 0.462. The van der Waals surface area contributed by atoms with Crippen molar-refractivity contribution < 1.29 is 0 Å². The molecule has 0 spiro atoms. The van der Waals surface area contributed by atoms with Crippen LogP contribution < -0.4 is 0 Å². The molecule has 0 bridgehead atoms. The van der Waals surface area contributed by atoms with E-state index >= 15 is 0 Å². The van der Waals surface area contributed by atoms with E-state index in [2.05, 4.69) is 57.8 Å². The molecule has 4 rings (SSSR count). The van der Waals surface area contributed by atoms with Crippen LogP contribution in [0.15, 0.2) is 30.5 Å². The van der Waals surface area contributed by atoms with Gasteiger partial charge in [-0.1, -0.05) is 23.7 Å². The number of likely N-dealkylation sites (tertiary alicyclic amines) is 1. The number of benzene rings is 1. The molecule has 1 fully saturated rings. The molecular formula is C22H28ClN5. The van der Waals surface area contributed by atoms with Gasteiger partial charge in [0, 0.05) is 53.1 Å². The molecule has 1 unspecified atom stereocenters. The highest BCUT2D eigenvalue weighted by atomic mass is 35.5. The predicted octanol–water partition coefficient (Wildman–Crippen LogP) is 4.94. The van der Waals surface area contributed by atoms with E-state index in [-0.39, 0.29) is 0 Å². The maximum atomic E-state index is 6.06. The van der Waals surface area contributed by atoms with Gasteiger partial charge >= 0.3 is 0 Å². The molecule has 1 atom stereocenters. The minimum Gasteiger partial charge on any atom is -0.298 e. The van der Waals surface area contributed by atoms with Crippen molar-refractivity contribution in [2.24, 2.45) is 0 Å². The van der Waals surface area contributed by atoms with Gasteiger partial charge in [0.2, 0.25) is 0 Å². The Balaban J connectivity index is 1.53. The van der Waals surface area contributed by atoms with Crippen molar-refractivity contribution in [3.05, 3.63) is 58.1 Å². The Morgan fingerprint density at radius 2 is 2.00 bits per heavy atom. The first-order valence-corrected chi connectivity index (χ1v) is 10.5. The molecule has 0 saturated carbocycles. The number of aromatic amines is 1. The van der Waals surface area contributed by atoms with Gasteiger partial charge in [0.15, 0.2) is 0 Å². The van der Waals surface area contributed by atoms with Crippen LogP contribution in [0.25, 0.3) is 11.1 Å². The Labute approximate surface area is 171 Å². The Morgan fingerprint density at radius 1 is 1.21 bits per heavy atom. The van der Waals surface area contributed by atoms with E-state index in [9.17, 15) is 0 Å². The second-order valence-electron chi connectivity index (χ2n) is 7.74. The molecule has 3 heterocycles. The van der Waals surface area contributed by atoms with E-state index in [1.54, 1.807) is 0 Å². The molecule has 2 aromatic heterocycles. The summed E-state index contributed by atoms with van der Waals surface area (Å²) >= 11 is 6.06. The summed E-state index contributed by atoms with van der Waals surface area (Å²) < 4.78 is 2.11. The third-order valence-electron chi connectivity index (χ3n) is 5.95. The molecule has 1 N–H and O–H groups in total. The lowest BCUT2D eigenvalue weighted by Crippen LogP contribution is -2.34.